The van der Waals surface area contributed by atoms with Crippen LogP contribution in [0.2, 0.25) is 5.02 Å². The highest BCUT2D eigenvalue weighted by molar-refractivity contribution is 6.40. The summed E-state index contributed by atoms with van der Waals surface area (Å²) in [5.41, 5.74) is 4.50. The molecule has 3 N–H and O–H groups in total. The van der Waals surface area contributed by atoms with Gasteiger partial charge in [0.15, 0.2) is 0 Å². The van der Waals surface area contributed by atoms with Crippen LogP contribution in [0.15, 0.2) is 41.6 Å². The Kier molecular flexibility index (Phi) is 7.22. The van der Waals surface area contributed by atoms with Crippen LogP contribution in [0.1, 0.15) is 24.5 Å². The quantitative estimate of drug-likeness (QED) is 0.406. The van der Waals surface area contributed by atoms with Crippen molar-refractivity contribution in [3.63, 3.8) is 0 Å². The van der Waals surface area contributed by atoms with Gasteiger partial charge in [0.1, 0.15) is 5.82 Å². The second-order valence-corrected chi connectivity index (χ2v) is 6.51. The molecule has 0 saturated carbocycles. The molecule has 28 heavy (non-hydrogen) atoms. The van der Waals surface area contributed by atoms with Crippen LogP contribution < -0.4 is 16.1 Å². The molecule has 0 aliphatic rings. The summed E-state index contributed by atoms with van der Waals surface area (Å²) in [5, 5.41) is 9.32. The number of hydrogen-bond acceptors (Lipinski definition) is 5. The van der Waals surface area contributed by atoms with Gasteiger partial charge in [-0.3, -0.25) is 14.4 Å². The molecule has 0 radical (unpaired) electrons. The third kappa shape index (κ3) is 6.17. The van der Waals surface area contributed by atoms with Crippen LogP contribution in [0.4, 0.5) is 11.5 Å². The van der Waals surface area contributed by atoms with E-state index in [1.54, 1.807) is 44.3 Å². The zero-order valence-corrected chi connectivity index (χ0v) is 16.4. The Hall–Kier alpha value is -3.26. The van der Waals surface area contributed by atoms with Gasteiger partial charge in [-0.2, -0.15) is 5.10 Å². The number of benzene rings is 1. The van der Waals surface area contributed by atoms with Crippen LogP contribution >= 0.6 is 11.6 Å². The van der Waals surface area contributed by atoms with Crippen molar-refractivity contribution in [2.45, 2.75) is 27.2 Å². The molecule has 0 atom stereocenters. The van der Waals surface area contributed by atoms with Crippen molar-refractivity contribution in [2.24, 2.45) is 5.10 Å². The van der Waals surface area contributed by atoms with E-state index in [0.29, 0.717) is 27.8 Å². The lowest BCUT2D eigenvalue weighted by Gasteiger charge is -2.08. The van der Waals surface area contributed by atoms with Gasteiger partial charge in [-0.05, 0) is 50.1 Å². The number of halogens is 1. The highest BCUT2D eigenvalue weighted by atomic mass is 35.5. The monoisotopic (exact) mass is 401 g/mol. The molecule has 0 aliphatic heterocycles. The van der Waals surface area contributed by atoms with Gasteiger partial charge < -0.3 is 10.6 Å². The molecule has 0 saturated heterocycles. The fraction of sp³-hybridized carbons (Fsp3) is 0.211. The molecule has 2 rings (SSSR count). The van der Waals surface area contributed by atoms with Gasteiger partial charge in [0.05, 0.1) is 6.42 Å². The molecule has 146 valence electrons. The van der Waals surface area contributed by atoms with E-state index in [1.807, 2.05) is 13.0 Å². The Bertz CT molecular complexity index is 926. The summed E-state index contributed by atoms with van der Waals surface area (Å²) in [5.74, 6) is -1.77. The van der Waals surface area contributed by atoms with Gasteiger partial charge in [0, 0.05) is 22.6 Å². The number of anilines is 2. The fourth-order valence-electron chi connectivity index (χ4n) is 2.12. The van der Waals surface area contributed by atoms with Crippen LogP contribution in [-0.4, -0.2) is 28.4 Å². The number of nitrogens with one attached hydrogen (secondary N) is 3. The molecule has 1 aromatic heterocycles. The van der Waals surface area contributed by atoms with E-state index < -0.39 is 11.8 Å². The Morgan fingerprint density at radius 2 is 1.82 bits per heavy atom. The van der Waals surface area contributed by atoms with Crippen molar-refractivity contribution in [1.82, 2.24) is 10.4 Å². The maximum Gasteiger partial charge on any atom is 0.329 e. The van der Waals surface area contributed by atoms with Crippen LogP contribution in [0.25, 0.3) is 0 Å². The molecule has 1 heterocycles. The Labute approximate surface area is 167 Å². The number of carbonyl (C=O) groups is 3. The predicted molar refractivity (Wildman–Crippen MR) is 108 cm³/mol. The summed E-state index contributed by atoms with van der Waals surface area (Å²) in [6.07, 6.45) is 1.57. The third-order valence-corrected chi connectivity index (χ3v) is 4.08. The average Bonchev–Trinajstić information content (AvgIpc) is 2.65. The maximum absolute atomic E-state index is 12.0. The van der Waals surface area contributed by atoms with Crippen LogP contribution in [0.5, 0.6) is 0 Å². The van der Waals surface area contributed by atoms with Crippen molar-refractivity contribution < 1.29 is 14.4 Å². The van der Waals surface area contributed by atoms with E-state index in [0.717, 1.165) is 5.56 Å². The molecule has 8 nitrogen and oxygen atoms in total. The minimum Gasteiger partial charge on any atom is -0.317 e. The van der Waals surface area contributed by atoms with E-state index in [9.17, 15) is 14.4 Å². The number of hydrazone groups is 1. The largest absolute Gasteiger partial charge is 0.329 e. The molecule has 1 aromatic carbocycles. The lowest BCUT2D eigenvalue weighted by Crippen LogP contribution is -2.33. The maximum atomic E-state index is 12.0. The molecule has 0 bridgehead atoms. The topological polar surface area (TPSA) is 113 Å². The highest BCUT2D eigenvalue weighted by Gasteiger charge is 2.15. The summed E-state index contributed by atoms with van der Waals surface area (Å²) in [7, 11) is 0. The van der Waals surface area contributed by atoms with Crippen molar-refractivity contribution >= 4 is 46.5 Å². The summed E-state index contributed by atoms with van der Waals surface area (Å²) in [6.45, 7) is 5.17. The minimum absolute atomic E-state index is 0.0646. The molecule has 0 fully saturated rings. The first-order chi connectivity index (χ1) is 13.3. The predicted octanol–water partition coefficient (Wildman–Crippen LogP) is 2.81. The first kappa shape index (κ1) is 21.0. The zero-order chi connectivity index (χ0) is 20.7. The number of amides is 3. The van der Waals surface area contributed by atoms with Gasteiger partial charge in [0.2, 0.25) is 5.91 Å². The van der Waals surface area contributed by atoms with Crippen molar-refractivity contribution in [3.8, 4) is 0 Å². The van der Waals surface area contributed by atoms with Crippen molar-refractivity contribution in [3.05, 3.63) is 52.7 Å². The number of nitrogens with zero attached hydrogens (tertiary/aromatic N) is 2. The lowest BCUT2D eigenvalue weighted by molar-refractivity contribution is -0.136. The van der Waals surface area contributed by atoms with Crippen LogP contribution in [0.3, 0.4) is 0 Å². The Balaban J connectivity index is 1.86. The molecule has 0 unspecified atom stereocenters. The second-order valence-electron chi connectivity index (χ2n) is 6.10. The molecule has 2 aromatic rings. The second kappa shape index (κ2) is 9.61. The number of pyridine rings is 1. The Morgan fingerprint density at radius 3 is 2.50 bits per heavy atom. The summed E-state index contributed by atoms with van der Waals surface area (Å²) in [4.78, 5) is 39.9. The zero-order valence-electron chi connectivity index (χ0n) is 15.7. The van der Waals surface area contributed by atoms with Crippen LogP contribution in [0, 0.1) is 13.8 Å². The fourth-order valence-corrected chi connectivity index (χ4v) is 2.29. The summed E-state index contributed by atoms with van der Waals surface area (Å²) >= 11 is 5.98. The van der Waals surface area contributed by atoms with Gasteiger partial charge in [-0.1, -0.05) is 23.7 Å². The first-order valence-electron chi connectivity index (χ1n) is 8.38. The summed E-state index contributed by atoms with van der Waals surface area (Å²) < 4.78 is 0. The van der Waals surface area contributed by atoms with Gasteiger partial charge in [-0.25, -0.2) is 10.4 Å². The van der Waals surface area contributed by atoms with Crippen molar-refractivity contribution in [1.29, 1.82) is 0 Å². The summed E-state index contributed by atoms with van der Waals surface area (Å²) in [6, 6.07) is 8.47. The normalized spacial score (nSPS) is 10.9. The standard InChI is InChI=1S/C19H20ClN5O3/c1-11-7-8-16(21-10-11)23-17(26)9-12(2)24-25-19(28)18(27)22-15-6-4-5-14(20)13(15)3/h4-8,10H,9H2,1-3H3,(H,22,27)(H,25,28)(H,21,23,26)/b24-12+. The van der Waals surface area contributed by atoms with Gasteiger partial charge in [-0.15, -0.1) is 0 Å². The third-order valence-electron chi connectivity index (χ3n) is 3.67. The van der Waals surface area contributed by atoms with E-state index >= 15 is 0 Å². The van der Waals surface area contributed by atoms with Crippen molar-refractivity contribution in [2.75, 3.05) is 10.6 Å². The Morgan fingerprint density at radius 1 is 1.07 bits per heavy atom. The molecular weight excluding hydrogens is 382 g/mol. The lowest BCUT2D eigenvalue weighted by atomic mass is 10.2. The van der Waals surface area contributed by atoms with E-state index in [2.05, 4.69) is 26.1 Å². The minimum atomic E-state index is -0.959. The SMILES string of the molecule is C/C(CC(=O)Nc1ccc(C)cn1)=N\NC(=O)C(=O)Nc1cccc(Cl)c1C. The molecule has 9 heteroatoms. The van der Waals surface area contributed by atoms with E-state index in [4.69, 9.17) is 11.6 Å². The van der Waals surface area contributed by atoms with Gasteiger partial charge in [0.25, 0.3) is 0 Å². The number of hydrogen-bond donors (Lipinski definition) is 3. The van der Waals surface area contributed by atoms with E-state index in [-0.39, 0.29) is 12.3 Å². The van der Waals surface area contributed by atoms with Gasteiger partial charge >= 0.3 is 11.8 Å². The smallest absolute Gasteiger partial charge is 0.317 e. The molecule has 0 spiro atoms. The number of carbonyl (C=O) groups excluding carboxylic acids is 3. The molecular formula is C19H20ClN5O3. The highest BCUT2D eigenvalue weighted by Crippen LogP contribution is 2.22. The molecule has 0 aliphatic carbocycles. The van der Waals surface area contributed by atoms with Crippen LogP contribution in [-0.2, 0) is 14.4 Å². The molecule has 3 amide bonds. The first-order valence-corrected chi connectivity index (χ1v) is 8.76. The number of aromatic nitrogens is 1. The number of aryl methyl sites for hydroxylation is 1. The van der Waals surface area contributed by atoms with E-state index in [1.165, 1.54) is 0 Å². The number of rotatable bonds is 5. The average molecular weight is 402 g/mol.